The second-order valence-electron chi connectivity index (χ2n) is 7.37. The molecule has 1 aromatic heterocycles. The lowest BCUT2D eigenvalue weighted by molar-refractivity contribution is -0.122. The Hall–Kier alpha value is -1.47. The monoisotopic (exact) mass is 367 g/mol. The molecule has 7 heteroatoms. The number of nitrogens with zero attached hydrogens (tertiary/aromatic N) is 1. The predicted molar refractivity (Wildman–Crippen MR) is 99.4 cm³/mol. The summed E-state index contributed by atoms with van der Waals surface area (Å²) in [6, 6.07) is 0. The number of rotatable bonds is 9. The standard InChI is InChI=1S/C18H29N3O3S/c1-12(2)16(24)21-17-20-14(10-25-17)9-15(23)19-11-18(6-4-7-18)13(3)5-8-22/h10,12-13,22H,4-9,11H2,1-3H3,(H,19,23)(H,20,21,24)/t13-/m0/s1. The minimum absolute atomic E-state index is 0.0468. The molecule has 3 N–H and O–H groups in total. The zero-order chi connectivity index (χ0) is 18.4. The van der Waals surface area contributed by atoms with Gasteiger partial charge in [-0.1, -0.05) is 27.2 Å². The quantitative estimate of drug-likeness (QED) is 0.626. The van der Waals surface area contributed by atoms with E-state index >= 15 is 0 Å². The molecule has 25 heavy (non-hydrogen) atoms. The van der Waals surface area contributed by atoms with Gasteiger partial charge in [0.2, 0.25) is 11.8 Å². The van der Waals surface area contributed by atoms with Crippen LogP contribution in [-0.4, -0.2) is 35.1 Å². The van der Waals surface area contributed by atoms with Crippen molar-refractivity contribution in [2.24, 2.45) is 17.3 Å². The molecular formula is C18H29N3O3S. The number of amides is 2. The van der Waals surface area contributed by atoms with Gasteiger partial charge in [0.25, 0.3) is 0 Å². The summed E-state index contributed by atoms with van der Waals surface area (Å²) in [5, 5.41) is 17.3. The summed E-state index contributed by atoms with van der Waals surface area (Å²) in [5.74, 6) is 0.184. The number of aliphatic hydroxyl groups is 1. The summed E-state index contributed by atoms with van der Waals surface area (Å²) in [6.07, 6.45) is 4.41. The first-order valence-corrected chi connectivity index (χ1v) is 9.87. The van der Waals surface area contributed by atoms with Crippen LogP contribution in [0.1, 0.15) is 52.1 Å². The summed E-state index contributed by atoms with van der Waals surface area (Å²) < 4.78 is 0. The summed E-state index contributed by atoms with van der Waals surface area (Å²) in [6.45, 7) is 6.66. The summed E-state index contributed by atoms with van der Waals surface area (Å²) in [7, 11) is 0. The minimum Gasteiger partial charge on any atom is -0.396 e. The predicted octanol–water partition coefficient (Wildman–Crippen LogP) is 2.59. The third-order valence-electron chi connectivity index (χ3n) is 5.24. The maximum absolute atomic E-state index is 12.2. The highest BCUT2D eigenvalue weighted by Gasteiger charge is 2.41. The van der Waals surface area contributed by atoms with E-state index in [1.807, 2.05) is 19.2 Å². The van der Waals surface area contributed by atoms with E-state index < -0.39 is 0 Å². The van der Waals surface area contributed by atoms with Crippen LogP contribution < -0.4 is 10.6 Å². The number of thiazole rings is 1. The van der Waals surface area contributed by atoms with E-state index in [0.29, 0.717) is 23.3 Å². The van der Waals surface area contributed by atoms with Gasteiger partial charge in [-0.15, -0.1) is 11.3 Å². The van der Waals surface area contributed by atoms with Gasteiger partial charge in [-0.05, 0) is 30.6 Å². The third-order valence-corrected chi connectivity index (χ3v) is 6.05. The van der Waals surface area contributed by atoms with Gasteiger partial charge in [-0.25, -0.2) is 4.98 Å². The molecule has 0 spiro atoms. The number of anilines is 1. The Labute approximate surface area is 153 Å². The maximum atomic E-state index is 12.2. The summed E-state index contributed by atoms with van der Waals surface area (Å²) >= 11 is 1.34. The lowest BCUT2D eigenvalue weighted by Crippen LogP contribution is -2.46. The molecule has 1 saturated carbocycles. The molecule has 0 aromatic carbocycles. The second kappa shape index (κ2) is 8.76. The number of aliphatic hydroxyl groups excluding tert-OH is 1. The molecule has 1 aliphatic carbocycles. The minimum atomic E-state index is -0.102. The Morgan fingerprint density at radius 3 is 2.64 bits per heavy atom. The Kier molecular flexibility index (Phi) is 6.95. The van der Waals surface area contributed by atoms with Crippen molar-refractivity contribution in [2.75, 3.05) is 18.5 Å². The Balaban J connectivity index is 1.82. The fraction of sp³-hybridized carbons (Fsp3) is 0.722. The fourth-order valence-electron chi connectivity index (χ4n) is 3.17. The van der Waals surface area contributed by atoms with Gasteiger partial charge in [0, 0.05) is 24.4 Å². The zero-order valence-electron chi connectivity index (χ0n) is 15.3. The van der Waals surface area contributed by atoms with Crippen molar-refractivity contribution in [3.8, 4) is 0 Å². The molecule has 1 heterocycles. The van der Waals surface area contributed by atoms with Crippen LogP contribution >= 0.6 is 11.3 Å². The Morgan fingerprint density at radius 2 is 2.08 bits per heavy atom. The Bertz CT molecular complexity index is 596. The number of nitrogens with one attached hydrogen (secondary N) is 2. The highest BCUT2D eigenvalue weighted by molar-refractivity contribution is 7.13. The molecule has 0 saturated heterocycles. The third kappa shape index (κ3) is 5.25. The number of aromatic nitrogens is 1. The largest absolute Gasteiger partial charge is 0.396 e. The highest BCUT2D eigenvalue weighted by Crippen LogP contribution is 2.47. The Morgan fingerprint density at radius 1 is 1.36 bits per heavy atom. The molecule has 1 fully saturated rings. The van der Waals surface area contributed by atoms with Crippen molar-refractivity contribution < 1.29 is 14.7 Å². The van der Waals surface area contributed by atoms with Gasteiger partial charge in [0.15, 0.2) is 5.13 Å². The molecule has 0 radical (unpaired) electrons. The number of carbonyl (C=O) groups excluding carboxylic acids is 2. The van der Waals surface area contributed by atoms with Gasteiger partial charge < -0.3 is 15.7 Å². The topological polar surface area (TPSA) is 91.3 Å². The molecule has 1 aromatic rings. The normalized spacial score (nSPS) is 17.0. The molecular weight excluding hydrogens is 338 g/mol. The number of carbonyl (C=O) groups is 2. The van der Waals surface area contributed by atoms with Crippen LogP contribution in [0.3, 0.4) is 0 Å². The number of hydrogen-bond acceptors (Lipinski definition) is 5. The first-order chi connectivity index (χ1) is 11.9. The van der Waals surface area contributed by atoms with E-state index in [1.165, 1.54) is 17.8 Å². The van der Waals surface area contributed by atoms with E-state index in [9.17, 15) is 9.59 Å². The van der Waals surface area contributed by atoms with E-state index in [2.05, 4.69) is 22.5 Å². The SMILES string of the molecule is CC(C)C(=O)Nc1nc(CC(=O)NCC2([C@@H](C)CCO)CCC2)cs1. The summed E-state index contributed by atoms with van der Waals surface area (Å²) in [5.41, 5.74) is 0.810. The van der Waals surface area contributed by atoms with E-state index in [0.717, 1.165) is 19.3 Å². The van der Waals surface area contributed by atoms with Crippen molar-refractivity contribution >= 4 is 28.3 Å². The zero-order valence-corrected chi connectivity index (χ0v) is 16.1. The van der Waals surface area contributed by atoms with E-state index in [1.54, 1.807) is 0 Å². The van der Waals surface area contributed by atoms with Crippen LogP contribution in [0.25, 0.3) is 0 Å². The van der Waals surface area contributed by atoms with Crippen LogP contribution in [0.15, 0.2) is 5.38 Å². The van der Waals surface area contributed by atoms with Gasteiger partial charge in [-0.3, -0.25) is 9.59 Å². The second-order valence-corrected chi connectivity index (χ2v) is 8.23. The average Bonchev–Trinajstić information content (AvgIpc) is 2.93. The van der Waals surface area contributed by atoms with Gasteiger partial charge in [0.1, 0.15) is 0 Å². The molecule has 0 aliphatic heterocycles. The first kappa shape index (κ1) is 19.8. The molecule has 2 rings (SSSR count). The van der Waals surface area contributed by atoms with Crippen LogP contribution in [0.5, 0.6) is 0 Å². The molecule has 1 atom stereocenters. The summed E-state index contributed by atoms with van der Waals surface area (Å²) in [4.78, 5) is 28.2. The van der Waals surface area contributed by atoms with Gasteiger partial charge in [0.05, 0.1) is 12.1 Å². The molecule has 0 unspecified atom stereocenters. The van der Waals surface area contributed by atoms with Gasteiger partial charge >= 0.3 is 0 Å². The molecule has 1 aliphatic rings. The lowest BCUT2D eigenvalue weighted by atomic mass is 9.60. The fourth-order valence-corrected chi connectivity index (χ4v) is 3.88. The molecule has 140 valence electrons. The molecule has 6 nitrogen and oxygen atoms in total. The highest BCUT2D eigenvalue weighted by atomic mass is 32.1. The van der Waals surface area contributed by atoms with Crippen LogP contribution in [0.4, 0.5) is 5.13 Å². The van der Waals surface area contributed by atoms with Crippen molar-refractivity contribution in [2.45, 2.75) is 52.9 Å². The van der Waals surface area contributed by atoms with E-state index in [4.69, 9.17) is 5.11 Å². The number of hydrogen-bond donors (Lipinski definition) is 3. The van der Waals surface area contributed by atoms with Crippen molar-refractivity contribution in [1.29, 1.82) is 0 Å². The lowest BCUT2D eigenvalue weighted by Gasteiger charge is -2.47. The van der Waals surface area contributed by atoms with Crippen molar-refractivity contribution in [3.05, 3.63) is 11.1 Å². The van der Waals surface area contributed by atoms with Crippen molar-refractivity contribution in [3.63, 3.8) is 0 Å². The van der Waals surface area contributed by atoms with Crippen molar-refractivity contribution in [1.82, 2.24) is 10.3 Å². The van der Waals surface area contributed by atoms with E-state index in [-0.39, 0.29) is 36.2 Å². The smallest absolute Gasteiger partial charge is 0.228 e. The van der Waals surface area contributed by atoms with Gasteiger partial charge in [-0.2, -0.15) is 0 Å². The van der Waals surface area contributed by atoms with Crippen LogP contribution in [0.2, 0.25) is 0 Å². The molecule has 2 amide bonds. The van der Waals surface area contributed by atoms with Crippen LogP contribution in [-0.2, 0) is 16.0 Å². The first-order valence-electron chi connectivity index (χ1n) is 8.99. The molecule has 0 bridgehead atoms. The van der Waals surface area contributed by atoms with Crippen LogP contribution in [0, 0.1) is 17.3 Å². The average molecular weight is 368 g/mol. The maximum Gasteiger partial charge on any atom is 0.228 e.